The van der Waals surface area contributed by atoms with E-state index >= 15 is 0 Å². The van der Waals surface area contributed by atoms with Crippen LogP contribution in [0.3, 0.4) is 0 Å². The highest BCUT2D eigenvalue weighted by Gasteiger charge is 2.20. The van der Waals surface area contributed by atoms with Crippen LogP contribution in [0.4, 0.5) is 0 Å². The number of benzene rings is 2. The molecule has 0 unspecified atom stereocenters. The minimum absolute atomic E-state index is 0.0268. The second-order valence-corrected chi connectivity index (χ2v) is 7.37. The number of ether oxygens (including phenoxy) is 2. The predicted molar refractivity (Wildman–Crippen MR) is 111 cm³/mol. The molecule has 1 saturated heterocycles. The zero-order valence-corrected chi connectivity index (χ0v) is 17.0. The molecule has 0 atom stereocenters. The summed E-state index contributed by atoms with van der Waals surface area (Å²) in [4.78, 5) is 14.6. The first-order valence-corrected chi connectivity index (χ1v) is 10.1. The first kappa shape index (κ1) is 20.5. The van der Waals surface area contributed by atoms with Gasteiger partial charge >= 0.3 is 0 Å². The van der Waals surface area contributed by atoms with Gasteiger partial charge in [-0.15, -0.1) is 0 Å². The van der Waals surface area contributed by atoms with E-state index in [1.54, 1.807) is 0 Å². The van der Waals surface area contributed by atoms with Gasteiger partial charge in [-0.05, 0) is 61.7 Å². The van der Waals surface area contributed by atoms with Crippen molar-refractivity contribution in [3.8, 4) is 11.5 Å². The number of halogens is 1. The molecule has 5 nitrogen and oxygen atoms in total. The van der Waals surface area contributed by atoms with E-state index in [-0.39, 0.29) is 18.6 Å². The molecule has 1 aliphatic rings. The molecule has 1 N–H and O–H groups in total. The largest absolute Gasteiger partial charge is 0.494 e. The van der Waals surface area contributed by atoms with Crippen LogP contribution < -0.4 is 14.8 Å². The average molecular weight is 403 g/mol. The minimum atomic E-state index is -0.0787. The molecular weight excluding hydrogens is 376 g/mol. The Hall–Kier alpha value is -2.24. The lowest BCUT2D eigenvalue weighted by Crippen LogP contribution is -2.45. The van der Waals surface area contributed by atoms with Gasteiger partial charge in [-0.2, -0.15) is 0 Å². The van der Waals surface area contributed by atoms with E-state index in [2.05, 4.69) is 22.3 Å². The Bertz CT molecular complexity index is 741. The normalized spacial score (nSPS) is 15.2. The molecule has 1 fully saturated rings. The summed E-state index contributed by atoms with van der Waals surface area (Å²) in [5, 5.41) is 3.84. The molecular formula is C22H27ClN2O3. The third-order valence-electron chi connectivity index (χ3n) is 4.78. The van der Waals surface area contributed by atoms with Crippen LogP contribution in [0, 0.1) is 0 Å². The van der Waals surface area contributed by atoms with Crippen molar-refractivity contribution in [2.45, 2.75) is 32.4 Å². The van der Waals surface area contributed by atoms with Crippen molar-refractivity contribution in [2.24, 2.45) is 0 Å². The molecule has 6 heteroatoms. The molecule has 1 aliphatic heterocycles. The lowest BCUT2D eigenvalue weighted by molar-refractivity contribution is -0.124. The third kappa shape index (κ3) is 6.43. The highest BCUT2D eigenvalue weighted by Crippen LogP contribution is 2.18. The van der Waals surface area contributed by atoms with E-state index in [4.69, 9.17) is 21.1 Å². The summed E-state index contributed by atoms with van der Waals surface area (Å²) in [7, 11) is 0. The highest BCUT2D eigenvalue weighted by molar-refractivity contribution is 6.30. The van der Waals surface area contributed by atoms with Crippen molar-refractivity contribution >= 4 is 17.5 Å². The number of carbonyl (C=O) groups is 1. The minimum Gasteiger partial charge on any atom is -0.494 e. The van der Waals surface area contributed by atoms with E-state index in [1.165, 1.54) is 5.56 Å². The first-order chi connectivity index (χ1) is 13.6. The number of nitrogens with one attached hydrogen (secondary N) is 1. The average Bonchev–Trinajstić information content (AvgIpc) is 2.71. The number of amides is 1. The maximum absolute atomic E-state index is 12.2. The van der Waals surface area contributed by atoms with Crippen LogP contribution in [0.15, 0.2) is 48.5 Å². The second kappa shape index (κ2) is 10.3. The predicted octanol–water partition coefficient (Wildman–Crippen LogP) is 3.90. The Balaban J connectivity index is 1.35. The van der Waals surface area contributed by atoms with Gasteiger partial charge in [0.15, 0.2) is 6.61 Å². The van der Waals surface area contributed by atoms with Crippen LogP contribution in [-0.4, -0.2) is 43.2 Å². The summed E-state index contributed by atoms with van der Waals surface area (Å²) in [6.45, 7) is 5.44. The molecule has 0 radical (unpaired) electrons. The molecule has 2 aromatic rings. The summed E-state index contributed by atoms with van der Waals surface area (Å²) in [6.07, 6.45) is 1.89. The fourth-order valence-corrected chi connectivity index (χ4v) is 3.43. The number of likely N-dealkylation sites (tertiary alicyclic amines) is 1. The van der Waals surface area contributed by atoms with Gasteiger partial charge in [-0.3, -0.25) is 9.69 Å². The van der Waals surface area contributed by atoms with Crippen LogP contribution in [0.2, 0.25) is 5.02 Å². The summed E-state index contributed by atoms with van der Waals surface area (Å²) >= 11 is 5.94. The van der Waals surface area contributed by atoms with Gasteiger partial charge < -0.3 is 14.8 Å². The molecule has 2 aromatic carbocycles. The zero-order valence-electron chi connectivity index (χ0n) is 16.2. The van der Waals surface area contributed by atoms with Crippen molar-refractivity contribution in [2.75, 3.05) is 26.3 Å². The summed E-state index contributed by atoms with van der Waals surface area (Å²) in [5.41, 5.74) is 1.26. The molecule has 0 bridgehead atoms. The highest BCUT2D eigenvalue weighted by atomic mass is 35.5. The molecule has 150 valence electrons. The van der Waals surface area contributed by atoms with Crippen LogP contribution in [-0.2, 0) is 11.3 Å². The van der Waals surface area contributed by atoms with Crippen molar-refractivity contribution in [1.29, 1.82) is 0 Å². The lowest BCUT2D eigenvalue weighted by atomic mass is 10.0. The topological polar surface area (TPSA) is 50.8 Å². The molecule has 1 amide bonds. The molecule has 1 heterocycles. The van der Waals surface area contributed by atoms with Gasteiger partial charge in [0.1, 0.15) is 11.5 Å². The number of carbonyl (C=O) groups excluding carboxylic acids is 1. The van der Waals surface area contributed by atoms with E-state index in [0.29, 0.717) is 12.4 Å². The summed E-state index contributed by atoms with van der Waals surface area (Å²) in [6, 6.07) is 15.5. The molecule has 28 heavy (non-hydrogen) atoms. The SMILES string of the molecule is CCOc1ccc(OCC(=O)NC2CCN(Cc3ccc(Cl)cc3)CC2)cc1. The summed E-state index contributed by atoms with van der Waals surface area (Å²) < 4.78 is 11.0. The van der Waals surface area contributed by atoms with E-state index in [0.717, 1.165) is 43.2 Å². The van der Waals surface area contributed by atoms with Crippen molar-refractivity contribution in [3.63, 3.8) is 0 Å². The number of rotatable bonds is 8. The second-order valence-electron chi connectivity index (χ2n) is 6.94. The Morgan fingerprint density at radius 1 is 1.04 bits per heavy atom. The molecule has 0 aliphatic carbocycles. The maximum atomic E-state index is 12.2. The lowest BCUT2D eigenvalue weighted by Gasteiger charge is -2.32. The van der Waals surface area contributed by atoms with Gasteiger partial charge in [0, 0.05) is 30.7 Å². The van der Waals surface area contributed by atoms with Gasteiger partial charge in [0.25, 0.3) is 5.91 Å². The molecule has 0 saturated carbocycles. The van der Waals surface area contributed by atoms with Gasteiger partial charge in [-0.25, -0.2) is 0 Å². The number of hydrogen-bond acceptors (Lipinski definition) is 4. The summed E-state index contributed by atoms with van der Waals surface area (Å²) in [5.74, 6) is 1.38. The number of hydrogen-bond donors (Lipinski definition) is 1. The Labute approximate surface area is 171 Å². The fraction of sp³-hybridized carbons (Fsp3) is 0.409. The molecule has 0 aromatic heterocycles. The molecule has 0 spiro atoms. The standard InChI is InChI=1S/C22H27ClN2O3/c1-2-27-20-7-9-21(10-8-20)28-16-22(26)24-19-11-13-25(14-12-19)15-17-3-5-18(23)6-4-17/h3-10,19H,2,11-16H2,1H3,(H,24,26). The monoisotopic (exact) mass is 402 g/mol. The van der Waals surface area contributed by atoms with Crippen LogP contribution in [0.25, 0.3) is 0 Å². The maximum Gasteiger partial charge on any atom is 0.258 e. The Kier molecular flexibility index (Phi) is 7.57. The van der Waals surface area contributed by atoms with E-state index < -0.39 is 0 Å². The fourth-order valence-electron chi connectivity index (χ4n) is 3.30. The van der Waals surface area contributed by atoms with Crippen LogP contribution in [0.5, 0.6) is 11.5 Å². The Morgan fingerprint density at radius 3 is 2.25 bits per heavy atom. The first-order valence-electron chi connectivity index (χ1n) is 9.74. The van der Waals surface area contributed by atoms with Crippen LogP contribution in [0.1, 0.15) is 25.3 Å². The van der Waals surface area contributed by atoms with Crippen molar-refractivity contribution in [3.05, 3.63) is 59.1 Å². The van der Waals surface area contributed by atoms with Crippen LogP contribution >= 0.6 is 11.6 Å². The Morgan fingerprint density at radius 2 is 1.64 bits per heavy atom. The number of nitrogens with zero attached hydrogens (tertiary/aromatic N) is 1. The van der Waals surface area contributed by atoms with Gasteiger partial charge in [0.2, 0.25) is 0 Å². The van der Waals surface area contributed by atoms with Gasteiger partial charge in [0.05, 0.1) is 6.61 Å². The van der Waals surface area contributed by atoms with E-state index in [9.17, 15) is 4.79 Å². The third-order valence-corrected chi connectivity index (χ3v) is 5.03. The zero-order chi connectivity index (χ0) is 19.8. The quantitative estimate of drug-likeness (QED) is 0.727. The molecule has 3 rings (SSSR count). The number of piperidine rings is 1. The van der Waals surface area contributed by atoms with E-state index in [1.807, 2.05) is 43.3 Å². The smallest absolute Gasteiger partial charge is 0.258 e. The van der Waals surface area contributed by atoms with Crippen molar-refractivity contribution < 1.29 is 14.3 Å². The van der Waals surface area contributed by atoms with Gasteiger partial charge in [-0.1, -0.05) is 23.7 Å². The van der Waals surface area contributed by atoms with Crippen molar-refractivity contribution in [1.82, 2.24) is 10.2 Å².